The van der Waals surface area contributed by atoms with Gasteiger partial charge in [0.2, 0.25) is 0 Å². The van der Waals surface area contributed by atoms with Gasteiger partial charge in [0, 0.05) is 6.07 Å². The highest BCUT2D eigenvalue weighted by Crippen LogP contribution is 2.23. The molecule has 0 atom stereocenters. The van der Waals surface area contributed by atoms with Crippen LogP contribution in [0.5, 0.6) is 5.75 Å². The first-order chi connectivity index (χ1) is 6.91. The van der Waals surface area contributed by atoms with Crippen LogP contribution in [0, 0.1) is 17.0 Å². The average Bonchev–Trinajstić information content (AvgIpc) is 2.09. The van der Waals surface area contributed by atoms with Gasteiger partial charge in [-0.3, -0.25) is 5.41 Å². The van der Waals surface area contributed by atoms with Crippen LogP contribution in [0.25, 0.3) is 0 Å². The van der Waals surface area contributed by atoms with E-state index in [4.69, 9.17) is 15.9 Å². The number of hydrogen-bond donors (Lipinski definition) is 2. The fourth-order valence-corrected chi connectivity index (χ4v) is 1.09. The third-order valence-corrected chi connectivity index (χ3v) is 1.68. The van der Waals surface area contributed by atoms with Crippen LogP contribution in [0.4, 0.5) is 8.78 Å². The van der Waals surface area contributed by atoms with E-state index in [1.165, 1.54) is 0 Å². The molecule has 1 rings (SSSR count). The first-order valence-electron chi connectivity index (χ1n) is 4.42. The van der Waals surface area contributed by atoms with Gasteiger partial charge in [-0.05, 0) is 19.9 Å². The van der Waals surface area contributed by atoms with Crippen molar-refractivity contribution in [2.24, 2.45) is 5.73 Å². The molecule has 0 bridgehead atoms. The lowest BCUT2D eigenvalue weighted by atomic mass is 10.1. The monoisotopic (exact) mass is 214 g/mol. The van der Waals surface area contributed by atoms with Crippen LogP contribution in [-0.4, -0.2) is 11.9 Å². The van der Waals surface area contributed by atoms with Crippen LogP contribution in [0.1, 0.15) is 19.4 Å². The highest BCUT2D eigenvalue weighted by molar-refractivity contribution is 5.97. The second-order valence-electron chi connectivity index (χ2n) is 3.34. The van der Waals surface area contributed by atoms with Crippen LogP contribution < -0.4 is 10.5 Å². The summed E-state index contributed by atoms with van der Waals surface area (Å²) in [5, 5.41) is 7.20. The molecule has 1 aromatic carbocycles. The van der Waals surface area contributed by atoms with Crippen molar-refractivity contribution in [1.29, 1.82) is 5.41 Å². The number of halogens is 2. The summed E-state index contributed by atoms with van der Waals surface area (Å²) in [7, 11) is 0. The summed E-state index contributed by atoms with van der Waals surface area (Å²) in [6, 6.07) is 1.75. The third kappa shape index (κ3) is 2.65. The van der Waals surface area contributed by atoms with Gasteiger partial charge < -0.3 is 10.5 Å². The first-order valence-corrected chi connectivity index (χ1v) is 4.42. The molecule has 0 saturated carbocycles. The predicted octanol–water partition coefficient (Wildman–Crippen LogP) is 2.04. The lowest BCUT2D eigenvalue weighted by Gasteiger charge is -2.13. The van der Waals surface area contributed by atoms with Crippen molar-refractivity contribution in [1.82, 2.24) is 0 Å². The summed E-state index contributed by atoms with van der Waals surface area (Å²) in [6.45, 7) is 3.48. The molecule has 0 aromatic heterocycles. The van der Waals surface area contributed by atoms with E-state index >= 15 is 0 Å². The molecule has 0 fully saturated rings. The molecular formula is C10H12F2N2O. The SMILES string of the molecule is CC(C)Oc1cc(F)c(F)cc1C(=N)N. The minimum Gasteiger partial charge on any atom is -0.490 e. The van der Waals surface area contributed by atoms with Gasteiger partial charge in [-0.15, -0.1) is 0 Å². The van der Waals surface area contributed by atoms with Crippen molar-refractivity contribution in [2.45, 2.75) is 20.0 Å². The third-order valence-electron chi connectivity index (χ3n) is 1.68. The van der Waals surface area contributed by atoms with E-state index in [9.17, 15) is 8.78 Å². The summed E-state index contributed by atoms with van der Waals surface area (Å²) in [6.07, 6.45) is -0.201. The molecule has 82 valence electrons. The summed E-state index contributed by atoms with van der Waals surface area (Å²) < 4.78 is 31.0. The number of ether oxygens (including phenoxy) is 1. The molecule has 0 aliphatic rings. The highest BCUT2D eigenvalue weighted by Gasteiger charge is 2.13. The number of nitrogens with one attached hydrogen (secondary N) is 1. The van der Waals surface area contributed by atoms with Crippen LogP contribution in [0.15, 0.2) is 12.1 Å². The van der Waals surface area contributed by atoms with Gasteiger partial charge in [0.15, 0.2) is 11.6 Å². The number of nitrogens with two attached hydrogens (primary N) is 1. The zero-order valence-electron chi connectivity index (χ0n) is 8.47. The molecule has 0 amide bonds. The lowest BCUT2D eigenvalue weighted by Crippen LogP contribution is -2.16. The van der Waals surface area contributed by atoms with Gasteiger partial charge in [0.25, 0.3) is 0 Å². The minimum atomic E-state index is -1.05. The molecule has 0 aliphatic heterocycles. The van der Waals surface area contributed by atoms with Crippen molar-refractivity contribution < 1.29 is 13.5 Å². The van der Waals surface area contributed by atoms with E-state index < -0.39 is 11.6 Å². The smallest absolute Gasteiger partial charge is 0.162 e. The summed E-state index contributed by atoms with van der Waals surface area (Å²) in [5.74, 6) is -2.34. The molecule has 3 N–H and O–H groups in total. The highest BCUT2D eigenvalue weighted by atomic mass is 19.2. The normalized spacial score (nSPS) is 10.5. The Morgan fingerprint density at radius 2 is 1.87 bits per heavy atom. The van der Waals surface area contributed by atoms with Crippen molar-refractivity contribution in [3.8, 4) is 5.75 Å². The number of amidine groups is 1. The second-order valence-corrected chi connectivity index (χ2v) is 3.34. The van der Waals surface area contributed by atoms with Crippen LogP contribution in [0.2, 0.25) is 0 Å². The fraction of sp³-hybridized carbons (Fsp3) is 0.300. The van der Waals surface area contributed by atoms with Gasteiger partial charge in [-0.2, -0.15) is 0 Å². The van der Waals surface area contributed by atoms with Crippen molar-refractivity contribution in [3.05, 3.63) is 29.3 Å². The maximum Gasteiger partial charge on any atom is 0.162 e. The molecule has 0 aliphatic carbocycles. The number of benzene rings is 1. The molecule has 0 spiro atoms. The van der Waals surface area contributed by atoms with E-state index in [0.717, 1.165) is 12.1 Å². The molecule has 0 radical (unpaired) electrons. The topological polar surface area (TPSA) is 59.1 Å². The number of rotatable bonds is 3. The van der Waals surface area contributed by atoms with Crippen molar-refractivity contribution >= 4 is 5.84 Å². The Morgan fingerprint density at radius 1 is 1.33 bits per heavy atom. The van der Waals surface area contributed by atoms with Crippen LogP contribution >= 0.6 is 0 Å². The Morgan fingerprint density at radius 3 is 2.33 bits per heavy atom. The van der Waals surface area contributed by atoms with Gasteiger partial charge in [-0.1, -0.05) is 0 Å². The Hall–Kier alpha value is -1.65. The van der Waals surface area contributed by atoms with E-state index in [2.05, 4.69) is 0 Å². The minimum absolute atomic E-state index is 0.0580. The summed E-state index contributed by atoms with van der Waals surface area (Å²) >= 11 is 0. The molecule has 15 heavy (non-hydrogen) atoms. The molecular weight excluding hydrogens is 202 g/mol. The quantitative estimate of drug-likeness (QED) is 0.597. The van der Waals surface area contributed by atoms with Crippen LogP contribution in [0.3, 0.4) is 0 Å². The lowest BCUT2D eigenvalue weighted by molar-refractivity contribution is 0.240. The molecule has 0 heterocycles. The number of nitrogen functional groups attached to an aromatic ring is 1. The summed E-state index contributed by atoms with van der Waals surface area (Å²) in [4.78, 5) is 0. The van der Waals surface area contributed by atoms with Gasteiger partial charge in [0.05, 0.1) is 11.7 Å². The Balaban J connectivity index is 3.22. The molecule has 5 heteroatoms. The molecule has 1 aromatic rings. The van der Waals surface area contributed by atoms with E-state index in [1.807, 2.05) is 0 Å². The predicted molar refractivity (Wildman–Crippen MR) is 53.1 cm³/mol. The van der Waals surface area contributed by atoms with Gasteiger partial charge >= 0.3 is 0 Å². The average molecular weight is 214 g/mol. The molecule has 0 unspecified atom stereocenters. The van der Waals surface area contributed by atoms with Crippen LogP contribution in [-0.2, 0) is 0 Å². The second kappa shape index (κ2) is 4.25. The Bertz CT molecular complexity index is 391. The standard InChI is InChI=1S/C10H12F2N2O/c1-5(2)15-9-4-8(12)7(11)3-6(9)10(13)14/h3-5H,1-2H3,(H3,13,14). The largest absolute Gasteiger partial charge is 0.490 e. The van der Waals surface area contributed by atoms with Gasteiger partial charge in [-0.25, -0.2) is 8.78 Å². The zero-order chi connectivity index (χ0) is 11.6. The van der Waals surface area contributed by atoms with E-state index in [-0.39, 0.29) is 23.3 Å². The van der Waals surface area contributed by atoms with Crippen molar-refractivity contribution in [3.63, 3.8) is 0 Å². The maximum atomic E-state index is 12.9. The first kappa shape index (κ1) is 11.4. The molecule has 3 nitrogen and oxygen atoms in total. The van der Waals surface area contributed by atoms with E-state index in [0.29, 0.717) is 0 Å². The molecule has 0 saturated heterocycles. The van der Waals surface area contributed by atoms with Gasteiger partial charge in [0.1, 0.15) is 11.6 Å². The number of hydrogen-bond acceptors (Lipinski definition) is 2. The van der Waals surface area contributed by atoms with E-state index in [1.54, 1.807) is 13.8 Å². The zero-order valence-corrected chi connectivity index (χ0v) is 8.47. The summed E-state index contributed by atoms with van der Waals surface area (Å²) in [5.41, 5.74) is 5.28. The maximum absolute atomic E-state index is 12.9. The fourth-order valence-electron chi connectivity index (χ4n) is 1.09. The Kier molecular flexibility index (Phi) is 3.24. The Labute approximate surface area is 86.4 Å². The van der Waals surface area contributed by atoms with Crippen molar-refractivity contribution in [2.75, 3.05) is 0 Å².